The van der Waals surface area contributed by atoms with Crippen molar-refractivity contribution in [3.05, 3.63) is 53.6 Å². The van der Waals surface area contributed by atoms with Crippen LogP contribution in [0.2, 0.25) is 0 Å². The van der Waals surface area contributed by atoms with Gasteiger partial charge in [-0.3, -0.25) is 14.4 Å². The Morgan fingerprint density at radius 1 is 1.10 bits per heavy atom. The molecule has 1 saturated heterocycles. The Morgan fingerprint density at radius 3 is 2.63 bits per heavy atom. The van der Waals surface area contributed by atoms with E-state index in [0.717, 1.165) is 17.7 Å². The summed E-state index contributed by atoms with van der Waals surface area (Å²) in [6.45, 7) is 2.79. The van der Waals surface area contributed by atoms with Crippen molar-refractivity contribution in [3.63, 3.8) is 0 Å². The highest BCUT2D eigenvalue weighted by Gasteiger charge is 2.32. The van der Waals surface area contributed by atoms with Crippen LogP contribution in [0.15, 0.2) is 36.4 Å². The largest absolute Gasteiger partial charge is 0.426 e. The Hall–Kier alpha value is -3.49. The summed E-state index contributed by atoms with van der Waals surface area (Å²) in [5.74, 6) is -3.33. The van der Waals surface area contributed by atoms with E-state index in [1.54, 1.807) is 19.1 Å². The highest BCUT2D eigenvalue weighted by molar-refractivity contribution is 6.39. The number of rotatable bonds is 2. The molecule has 0 radical (unpaired) electrons. The summed E-state index contributed by atoms with van der Waals surface area (Å²) in [5, 5.41) is 2.53. The molecule has 0 spiro atoms. The van der Waals surface area contributed by atoms with E-state index >= 15 is 0 Å². The maximum absolute atomic E-state index is 13.5. The minimum Gasteiger partial charge on any atom is -0.426 e. The Balaban J connectivity index is 1.39. The van der Waals surface area contributed by atoms with Crippen LogP contribution in [0, 0.1) is 11.6 Å². The van der Waals surface area contributed by atoms with Gasteiger partial charge >= 0.3 is 17.8 Å². The van der Waals surface area contributed by atoms with Gasteiger partial charge in [-0.15, -0.1) is 0 Å². The number of ether oxygens (including phenoxy) is 1. The van der Waals surface area contributed by atoms with Gasteiger partial charge in [-0.25, -0.2) is 8.78 Å². The van der Waals surface area contributed by atoms with Crippen LogP contribution in [0.4, 0.5) is 20.2 Å². The number of piperazine rings is 1. The van der Waals surface area contributed by atoms with Crippen molar-refractivity contribution in [1.82, 2.24) is 4.90 Å². The fraction of sp³-hybridized carbons (Fsp3) is 0.286. The summed E-state index contributed by atoms with van der Waals surface area (Å²) in [5.41, 5.74) is 1.60. The number of amides is 2. The molecule has 1 atom stereocenters. The predicted molar refractivity (Wildman–Crippen MR) is 104 cm³/mol. The van der Waals surface area contributed by atoms with Gasteiger partial charge in [0, 0.05) is 54.7 Å². The monoisotopic (exact) mass is 415 g/mol. The number of hydrogen-bond acceptors (Lipinski definition) is 5. The van der Waals surface area contributed by atoms with Crippen molar-refractivity contribution < 1.29 is 27.9 Å². The number of nitrogens with one attached hydrogen (secondary N) is 1. The second-order valence-electron chi connectivity index (χ2n) is 7.32. The molecule has 2 aliphatic rings. The number of nitrogens with zero attached hydrogens (tertiary/aromatic N) is 2. The predicted octanol–water partition coefficient (Wildman–Crippen LogP) is 2.10. The maximum atomic E-state index is 13.5. The normalized spacial score (nSPS) is 18.1. The minimum absolute atomic E-state index is 0.183. The summed E-state index contributed by atoms with van der Waals surface area (Å²) < 4.78 is 31.7. The molecule has 9 heteroatoms. The van der Waals surface area contributed by atoms with Gasteiger partial charge in [-0.1, -0.05) is 6.07 Å². The van der Waals surface area contributed by atoms with Crippen LogP contribution in [0.5, 0.6) is 5.75 Å². The van der Waals surface area contributed by atoms with Crippen molar-refractivity contribution in [2.24, 2.45) is 0 Å². The summed E-state index contributed by atoms with van der Waals surface area (Å²) in [7, 11) is 0. The van der Waals surface area contributed by atoms with Crippen molar-refractivity contribution in [1.29, 1.82) is 0 Å². The van der Waals surface area contributed by atoms with Crippen molar-refractivity contribution >= 4 is 29.2 Å². The first kappa shape index (κ1) is 19.8. The van der Waals surface area contributed by atoms with E-state index in [-0.39, 0.29) is 25.0 Å². The second kappa shape index (κ2) is 7.74. The maximum Gasteiger partial charge on any atom is 0.315 e. The number of halogens is 2. The first-order valence-electron chi connectivity index (χ1n) is 9.47. The number of esters is 1. The summed E-state index contributed by atoms with van der Waals surface area (Å²) in [4.78, 5) is 39.7. The third-order valence-electron chi connectivity index (χ3n) is 5.23. The average Bonchev–Trinajstić information content (AvgIpc) is 3.08. The van der Waals surface area contributed by atoms with E-state index in [1.165, 1.54) is 17.0 Å². The van der Waals surface area contributed by atoms with Crippen molar-refractivity contribution in [2.45, 2.75) is 19.4 Å². The third kappa shape index (κ3) is 3.83. The molecule has 1 N–H and O–H groups in total. The zero-order chi connectivity index (χ0) is 21.4. The molecule has 30 heavy (non-hydrogen) atoms. The highest BCUT2D eigenvalue weighted by Crippen LogP contribution is 2.29. The molecule has 0 aromatic heterocycles. The summed E-state index contributed by atoms with van der Waals surface area (Å²) in [6.07, 6.45) is 0.183. The molecule has 0 unspecified atom stereocenters. The van der Waals surface area contributed by atoms with Gasteiger partial charge in [0.25, 0.3) is 0 Å². The molecule has 2 aromatic rings. The van der Waals surface area contributed by atoms with E-state index in [1.807, 2.05) is 4.90 Å². The molecule has 0 bridgehead atoms. The zero-order valence-corrected chi connectivity index (χ0v) is 16.2. The Kier molecular flexibility index (Phi) is 5.11. The van der Waals surface area contributed by atoms with Gasteiger partial charge in [0.2, 0.25) is 0 Å². The van der Waals surface area contributed by atoms with Crippen molar-refractivity contribution in [3.8, 4) is 5.75 Å². The molecule has 2 heterocycles. The quantitative estimate of drug-likeness (QED) is 0.462. The topological polar surface area (TPSA) is 79.0 Å². The molecule has 4 rings (SSSR count). The Morgan fingerprint density at radius 2 is 1.90 bits per heavy atom. The van der Waals surface area contributed by atoms with Gasteiger partial charge in [0.05, 0.1) is 6.42 Å². The highest BCUT2D eigenvalue weighted by atomic mass is 19.2. The molecule has 7 nitrogen and oxygen atoms in total. The molecule has 2 amide bonds. The molecule has 2 aromatic carbocycles. The molecule has 156 valence electrons. The zero-order valence-electron chi connectivity index (χ0n) is 16.2. The molecule has 2 aliphatic heterocycles. The van der Waals surface area contributed by atoms with Crippen molar-refractivity contribution in [2.75, 3.05) is 29.9 Å². The molecular weight excluding hydrogens is 396 g/mol. The van der Waals surface area contributed by atoms with E-state index in [0.29, 0.717) is 30.2 Å². The first-order valence-corrected chi connectivity index (χ1v) is 9.47. The first-order chi connectivity index (χ1) is 14.3. The van der Waals surface area contributed by atoms with Crippen LogP contribution in [0.3, 0.4) is 0 Å². The number of fused-ring (bicyclic) bond motifs is 1. The van der Waals surface area contributed by atoms with Crippen LogP contribution >= 0.6 is 0 Å². The number of carbonyl (C=O) groups excluding carboxylic acids is 3. The number of benzene rings is 2. The summed E-state index contributed by atoms with van der Waals surface area (Å²) >= 11 is 0. The lowest BCUT2D eigenvalue weighted by Crippen LogP contribution is -2.56. The summed E-state index contributed by atoms with van der Waals surface area (Å²) in [6, 6.07) is 8.14. The lowest BCUT2D eigenvalue weighted by atomic mass is 10.1. The van der Waals surface area contributed by atoms with Gasteiger partial charge in [0.15, 0.2) is 11.6 Å². The smallest absolute Gasteiger partial charge is 0.315 e. The minimum atomic E-state index is -0.932. The lowest BCUT2D eigenvalue weighted by Gasteiger charge is -2.40. The Labute approximate surface area is 171 Å². The van der Waals surface area contributed by atoms with E-state index in [2.05, 4.69) is 5.32 Å². The van der Waals surface area contributed by atoms with Gasteiger partial charge in [0.1, 0.15) is 5.75 Å². The van der Waals surface area contributed by atoms with E-state index in [9.17, 15) is 23.2 Å². The number of hydrogen-bond donors (Lipinski definition) is 1. The van der Waals surface area contributed by atoms with Crippen LogP contribution in [0.1, 0.15) is 12.5 Å². The fourth-order valence-corrected chi connectivity index (χ4v) is 3.68. The molecular formula is C21H19F2N3O4. The van der Waals surface area contributed by atoms with Crippen LogP contribution in [-0.2, 0) is 20.8 Å². The van der Waals surface area contributed by atoms with Crippen LogP contribution in [0.25, 0.3) is 0 Å². The van der Waals surface area contributed by atoms with Gasteiger partial charge in [-0.05, 0) is 25.1 Å². The molecule has 1 fully saturated rings. The number of anilines is 2. The SMILES string of the molecule is C[C@@H]1CN(c2ccc(F)c(F)c2)CCN1C(=O)C(=O)Nc1ccc2c(c1)OC(=O)C2. The average molecular weight is 415 g/mol. The Bertz CT molecular complexity index is 1040. The van der Waals surface area contributed by atoms with Crippen LogP contribution in [-0.4, -0.2) is 48.4 Å². The van der Waals surface area contributed by atoms with Gasteiger partial charge < -0.3 is 19.9 Å². The third-order valence-corrected chi connectivity index (χ3v) is 5.23. The lowest BCUT2D eigenvalue weighted by molar-refractivity contribution is -0.144. The van der Waals surface area contributed by atoms with E-state index < -0.39 is 23.4 Å². The molecule has 0 aliphatic carbocycles. The number of carbonyl (C=O) groups is 3. The van der Waals surface area contributed by atoms with Crippen LogP contribution < -0.4 is 15.0 Å². The van der Waals surface area contributed by atoms with Gasteiger partial charge in [-0.2, -0.15) is 0 Å². The standard InChI is InChI=1S/C21H19F2N3O4/c1-12-11-25(15-4-5-16(22)17(23)10-15)6-7-26(12)21(29)20(28)24-14-3-2-13-8-19(27)30-18(13)9-14/h2-5,9-10,12H,6-8,11H2,1H3,(H,24,28)/t12-/m1/s1. The fourth-order valence-electron chi connectivity index (χ4n) is 3.68. The van der Waals surface area contributed by atoms with E-state index in [4.69, 9.17) is 4.74 Å². The second-order valence-corrected chi connectivity index (χ2v) is 7.32. The molecule has 0 saturated carbocycles.